The zero-order valence-electron chi connectivity index (χ0n) is 13.3. The number of hydrogen-bond donors (Lipinski definition) is 2. The van der Waals surface area contributed by atoms with Gasteiger partial charge in [-0.2, -0.15) is 0 Å². The first-order valence-electron chi connectivity index (χ1n) is 7.20. The molecule has 120 valence electrons. The van der Waals surface area contributed by atoms with E-state index in [4.69, 9.17) is 9.47 Å². The van der Waals surface area contributed by atoms with Crippen LogP contribution < -0.4 is 9.47 Å². The summed E-state index contributed by atoms with van der Waals surface area (Å²) in [5.41, 5.74) is 2.10. The Morgan fingerprint density at radius 1 is 1.14 bits per heavy atom. The number of rotatable bonds is 8. The van der Waals surface area contributed by atoms with Crippen molar-refractivity contribution < 1.29 is 14.6 Å². The smallest absolute Gasteiger partial charge is 0.122 e. The van der Waals surface area contributed by atoms with Gasteiger partial charge in [0.05, 0.1) is 20.8 Å². The minimum absolute atomic E-state index is 0.105. The quantitative estimate of drug-likeness (QED) is 0.777. The van der Waals surface area contributed by atoms with Crippen molar-refractivity contribution in [3.8, 4) is 11.5 Å². The maximum atomic E-state index is 9.28. The van der Waals surface area contributed by atoms with E-state index in [1.807, 2.05) is 31.3 Å². The van der Waals surface area contributed by atoms with Crippen molar-refractivity contribution in [2.24, 2.45) is 0 Å². The van der Waals surface area contributed by atoms with E-state index in [1.165, 1.54) is 0 Å². The Balaban J connectivity index is 2.12. The van der Waals surface area contributed by atoms with E-state index in [9.17, 15) is 5.11 Å². The summed E-state index contributed by atoms with van der Waals surface area (Å²) in [4.78, 5) is 9.56. The second-order valence-electron chi connectivity index (χ2n) is 5.15. The van der Waals surface area contributed by atoms with Crippen molar-refractivity contribution in [2.45, 2.75) is 20.0 Å². The maximum absolute atomic E-state index is 9.28. The Morgan fingerprint density at radius 3 is 2.32 bits per heavy atom. The van der Waals surface area contributed by atoms with Gasteiger partial charge in [-0.15, -0.1) is 0 Å². The Hall–Kier alpha value is -2.05. The zero-order valence-corrected chi connectivity index (χ0v) is 13.3. The molecule has 1 aromatic heterocycles. The number of ether oxygens (including phenoxy) is 2. The van der Waals surface area contributed by atoms with E-state index in [0.717, 1.165) is 28.6 Å². The van der Waals surface area contributed by atoms with Gasteiger partial charge in [0.2, 0.25) is 0 Å². The molecular weight excluding hydrogens is 282 g/mol. The lowest BCUT2D eigenvalue weighted by Crippen LogP contribution is -2.26. The Morgan fingerprint density at radius 2 is 1.82 bits per heavy atom. The van der Waals surface area contributed by atoms with Crippen LogP contribution >= 0.6 is 0 Å². The topological polar surface area (TPSA) is 70.6 Å². The van der Waals surface area contributed by atoms with Gasteiger partial charge in [-0.25, -0.2) is 4.98 Å². The number of aliphatic hydroxyl groups excluding tert-OH is 1. The summed E-state index contributed by atoms with van der Waals surface area (Å²) in [5.74, 6) is 2.41. The van der Waals surface area contributed by atoms with E-state index in [0.29, 0.717) is 19.6 Å². The van der Waals surface area contributed by atoms with E-state index in [2.05, 4.69) is 14.9 Å². The predicted octanol–water partition coefficient (Wildman–Crippen LogP) is 1.73. The molecule has 1 heterocycles. The van der Waals surface area contributed by atoms with E-state index < -0.39 is 0 Å². The molecule has 0 aliphatic rings. The third kappa shape index (κ3) is 4.47. The van der Waals surface area contributed by atoms with Gasteiger partial charge in [0.15, 0.2) is 0 Å². The van der Waals surface area contributed by atoms with Crippen molar-refractivity contribution in [3.63, 3.8) is 0 Å². The van der Waals surface area contributed by atoms with Crippen LogP contribution in [-0.2, 0) is 13.1 Å². The molecule has 0 spiro atoms. The number of benzene rings is 1. The normalized spacial score (nSPS) is 11.0. The van der Waals surface area contributed by atoms with Crippen LogP contribution in [0.1, 0.15) is 17.1 Å². The molecule has 2 aromatic rings. The average Bonchev–Trinajstić information content (AvgIpc) is 2.92. The molecular formula is C16H23N3O3. The van der Waals surface area contributed by atoms with Gasteiger partial charge in [0, 0.05) is 37.6 Å². The standard InChI is InChI=1S/C16H23N3O3/c1-12-17-9-14(18-12)11-19(4-5-20)10-13-6-15(21-2)8-16(7-13)22-3/h6-9,20H,4-5,10-11H2,1-3H3,(H,17,18). The highest BCUT2D eigenvalue weighted by Gasteiger charge is 2.10. The third-order valence-electron chi connectivity index (χ3n) is 3.38. The molecule has 0 fully saturated rings. The molecule has 0 unspecified atom stereocenters. The third-order valence-corrected chi connectivity index (χ3v) is 3.38. The van der Waals surface area contributed by atoms with Crippen LogP contribution in [0, 0.1) is 6.92 Å². The number of aliphatic hydroxyl groups is 1. The molecule has 2 N–H and O–H groups in total. The van der Waals surface area contributed by atoms with Crippen molar-refractivity contribution in [2.75, 3.05) is 27.4 Å². The van der Waals surface area contributed by atoms with Crippen molar-refractivity contribution >= 4 is 0 Å². The highest BCUT2D eigenvalue weighted by molar-refractivity contribution is 5.38. The Bertz CT molecular complexity index is 576. The van der Waals surface area contributed by atoms with Crippen LogP contribution in [0.2, 0.25) is 0 Å². The first-order chi connectivity index (χ1) is 10.6. The lowest BCUT2D eigenvalue weighted by atomic mass is 10.2. The number of aromatic nitrogens is 2. The molecule has 1 aromatic carbocycles. The molecule has 22 heavy (non-hydrogen) atoms. The number of hydrogen-bond acceptors (Lipinski definition) is 5. The molecule has 0 amide bonds. The lowest BCUT2D eigenvalue weighted by molar-refractivity contribution is 0.183. The second kappa shape index (κ2) is 7.82. The molecule has 0 atom stereocenters. The highest BCUT2D eigenvalue weighted by Crippen LogP contribution is 2.23. The molecule has 0 aliphatic heterocycles. The predicted molar refractivity (Wildman–Crippen MR) is 84.1 cm³/mol. The summed E-state index contributed by atoms with van der Waals surface area (Å²) in [5, 5.41) is 9.28. The number of aromatic amines is 1. The minimum atomic E-state index is 0.105. The number of aryl methyl sites for hydroxylation is 1. The summed E-state index contributed by atoms with van der Waals surface area (Å²) in [6, 6.07) is 5.80. The van der Waals surface area contributed by atoms with Crippen molar-refractivity contribution in [3.05, 3.63) is 41.5 Å². The van der Waals surface area contributed by atoms with Gasteiger partial charge in [-0.1, -0.05) is 0 Å². The number of methoxy groups -OCH3 is 2. The number of H-pyrrole nitrogens is 1. The SMILES string of the molecule is COc1cc(CN(CCO)Cc2cnc(C)[nH]2)cc(OC)c1. The average molecular weight is 305 g/mol. The summed E-state index contributed by atoms with van der Waals surface area (Å²) < 4.78 is 10.6. The number of nitrogens with one attached hydrogen (secondary N) is 1. The Labute approximate surface area is 130 Å². The monoisotopic (exact) mass is 305 g/mol. The van der Waals surface area contributed by atoms with Gasteiger partial charge in [-0.3, -0.25) is 4.90 Å². The summed E-state index contributed by atoms with van der Waals surface area (Å²) >= 11 is 0. The highest BCUT2D eigenvalue weighted by atomic mass is 16.5. The molecule has 0 aliphatic carbocycles. The van der Waals surface area contributed by atoms with Gasteiger partial charge < -0.3 is 19.6 Å². The number of nitrogens with zero attached hydrogens (tertiary/aromatic N) is 2. The molecule has 6 nitrogen and oxygen atoms in total. The zero-order chi connectivity index (χ0) is 15.9. The van der Waals surface area contributed by atoms with Crippen LogP contribution in [0.15, 0.2) is 24.4 Å². The van der Waals surface area contributed by atoms with Crippen LogP contribution in [0.25, 0.3) is 0 Å². The first kappa shape index (κ1) is 16.3. The lowest BCUT2D eigenvalue weighted by Gasteiger charge is -2.21. The first-order valence-corrected chi connectivity index (χ1v) is 7.20. The summed E-state index contributed by atoms with van der Waals surface area (Å²) in [6.07, 6.45) is 1.83. The van der Waals surface area contributed by atoms with Crippen molar-refractivity contribution in [1.82, 2.24) is 14.9 Å². The molecule has 0 saturated carbocycles. The van der Waals surface area contributed by atoms with Crippen molar-refractivity contribution in [1.29, 1.82) is 0 Å². The molecule has 0 saturated heterocycles. The number of imidazole rings is 1. The van der Waals surface area contributed by atoms with Crippen LogP contribution in [-0.4, -0.2) is 47.3 Å². The summed E-state index contributed by atoms with van der Waals surface area (Å²) in [6.45, 7) is 3.99. The fourth-order valence-electron chi connectivity index (χ4n) is 2.36. The van der Waals surface area contributed by atoms with Gasteiger partial charge in [-0.05, 0) is 24.6 Å². The second-order valence-corrected chi connectivity index (χ2v) is 5.15. The van der Waals surface area contributed by atoms with E-state index in [1.54, 1.807) is 14.2 Å². The fraction of sp³-hybridized carbons (Fsp3) is 0.438. The molecule has 6 heteroatoms. The molecule has 2 rings (SSSR count). The molecule has 0 radical (unpaired) electrons. The van der Waals surface area contributed by atoms with Gasteiger partial charge in [0.25, 0.3) is 0 Å². The summed E-state index contributed by atoms with van der Waals surface area (Å²) in [7, 11) is 3.27. The Kier molecular flexibility index (Phi) is 5.80. The van der Waals surface area contributed by atoms with E-state index >= 15 is 0 Å². The largest absolute Gasteiger partial charge is 0.497 e. The fourth-order valence-corrected chi connectivity index (χ4v) is 2.36. The van der Waals surface area contributed by atoms with Crippen LogP contribution in [0.3, 0.4) is 0 Å². The van der Waals surface area contributed by atoms with Crippen LogP contribution in [0.4, 0.5) is 0 Å². The van der Waals surface area contributed by atoms with Gasteiger partial charge >= 0.3 is 0 Å². The maximum Gasteiger partial charge on any atom is 0.122 e. The van der Waals surface area contributed by atoms with Crippen LogP contribution in [0.5, 0.6) is 11.5 Å². The molecule has 0 bridgehead atoms. The van der Waals surface area contributed by atoms with Gasteiger partial charge in [0.1, 0.15) is 17.3 Å². The van der Waals surface area contributed by atoms with E-state index in [-0.39, 0.29) is 6.61 Å². The minimum Gasteiger partial charge on any atom is -0.497 e.